The zero-order valence-electron chi connectivity index (χ0n) is 12.2. The van der Waals surface area contributed by atoms with Gasteiger partial charge in [-0.3, -0.25) is 9.59 Å². The van der Waals surface area contributed by atoms with Crippen molar-refractivity contribution >= 4 is 11.9 Å². The number of benzene rings is 1. The Morgan fingerprint density at radius 3 is 1.95 bits per heavy atom. The van der Waals surface area contributed by atoms with Crippen LogP contribution in [0.15, 0.2) is 30.3 Å². The van der Waals surface area contributed by atoms with Gasteiger partial charge in [0.2, 0.25) is 0 Å². The highest BCUT2D eigenvalue weighted by Gasteiger charge is 2.38. The normalized spacial score (nSPS) is 13.7. The quantitative estimate of drug-likeness (QED) is 0.588. The van der Waals surface area contributed by atoms with Gasteiger partial charge in [-0.2, -0.15) is 0 Å². The van der Waals surface area contributed by atoms with E-state index in [0.29, 0.717) is 0 Å². The second-order valence-electron chi connectivity index (χ2n) is 4.60. The number of carbonyl (C=O) groups excluding carboxylic acids is 2. The summed E-state index contributed by atoms with van der Waals surface area (Å²) in [6, 6.07) is 9.40. The predicted octanol–water partition coefficient (Wildman–Crippen LogP) is 1.90. The number of hydrogen-bond acceptors (Lipinski definition) is 5. The Labute approximate surface area is 118 Å². The van der Waals surface area contributed by atoms with Crippen molar-refractivity contribution in [1.82, 2.24) is 0 Å². The number of esters is 2. The molecule has 0 aliphatic rings. The molecule has 0 amide bonds. The molecular formula is C15H20O5. The van der Waals surface area contributed by atoms with Crippen LogP contribution < -0.4 is 0 Å². The van der Waals surface area contributed by atoms with Crippen molar-refractivity contribution in [3.05, 3.63) is 35.9 Å². The van der Waals surface area contributed by atoms with E-state index in [1.165, 1.54) is 14.2 Å². The fourth-order valence-corrected chi connectivity index (χ4v) is 2.05. The van der Waals surface area contributed by atoms with Crippen molar-refractivity contribution in [2.75, 3.05) is 21.3 Å². The molecule has 1 aromatic carbocycles. The first kappa shape index (κ1) is 16.2. The highest BCUT2D eigenvalue weighted by molar-refractivity contribution is 5.94. The summed E-state index contributed by atoms with van der Waals surface area (Å²) in [5.74, 6) is -2.28. The summed E-state index contributed by atoms with van der Waals surface area (Å²) < 4.78 is 14.9. The zero-order valence-corrected chi connectivity index (χ0v) is 12.2. The first-order chi connectivity index (χ1) is 9.48. The third-order valence-corrected chi connectivity index (χ3v) is 3.40. The molecule has 0 saturated carbocycles. The van der Waals surface area contributed by atoms with Crippen LogP contribution in [0.25, 0.3) is 0 Å². The minimum Gasteiger partial charge on any atom is -0.468 e. The molecule has 1 aromatic rings. The van der Waals surface area contributed by atoms with Crippen LogP contribution in [-0.2, 0) is 29.4 Å². The Bertz CT molecular complexity index is 441. The maximum atomic E-state index is 11.8. The lowest BCUT2D eigenvalue weighted by Gasteiger charge is -2.30. The SMILES string of the molecule is COC(=O)C(CC(C)(OC)c1ccccc1)C(=O)OC. The summed E-state index contributed by atoms with van der Waals surface area (Å²) in [4.78, 5) is 23.5. The Hall–Kier alpha value is -1.88. The van der Waals surface area contributed by atoms with Gasteiger partial charge in [0.15, 0.2) is 5.92 Å². The Kier molecular flexibility index (Phi) is 5.70. The lowest BCUT2D eigenvalue weighted by atomic mass is 9.85. The molecule has 0 aromatic heterocycles. The Morgan fingerprint density at radius 2 is 1.55 bits per heavy atom. The summed E-state index contributed by atoms with van der Waals surface area (Å²) >= 11 is 0. The highest BCUT2D eigenvalue weighted by atomic mass is 16.5. The number of methoxy groups -OCH3 is 3. The van der Waals surface area contributed by atoms with Crippen LogP contribution in [-0.4, -0.2) is 33.3 Å². The summed E-state index contributed by atoms with van der Waals surface area (Å²) in [6.45, 7) is 1.82. The molecule has 0 aliphatic heterocycles. The third kappa shape index (κ3) is 3.57. The topological polar surface area (TPSA) is 61.8 Å². The van der Waals surface area contributed by atoms with Crippen LogP contribution >= 0.6 is 0 Å². The molecule has 0 fully saturated rings. The van der Waals surface area contributed by atoms with Gasteiger partial charge < -0.3 is 14.2 Å². The second-order valence-corrected chi connectivity index (χ2v) is 4.60. The molecule has 1 rings (SSSR count). The van der Waals surface area contributed by atoms with Crippen molar-refractivity contribution in [2.45, 2.75) is 18.9 Å². The van der Waals surface area contributed by atoms with E-state index in [2.05, 4.69) is 9.47 Å². The summed E-state index contributed by atoms with van der Waals surface area (Å²) in [5.41, 5.74) is 0.0919. The lowest BCUT2D eigenvalue weighted by molar-refractivity contribution is -0.162. The van der Waals surface area contributed by atoms with E-state index in [1.807, 2.05) is 37.3 Å². The van der Waals surface area contributed by atoms with Crippen LogP contribution in [0.1, 0.15) is 18.9 Å². The summed E-state index contributed by atoms with van der Waals surface area (Å²) in [6.07, 6.45) is 0.146. The highest BCUT2D eigenvalue weighted by Crippen LogP contribution is 2.32. The molecule has 0 N–H and O–H groups in total. The van der Waals surface area contributed by atoms with Crippen LogP contribution in [0.2, 0.25) is 0 Å². The average molecular weight is 280 g/mol. The van der Waals surface area contributed by atoms with Crippen LogP contribution in [0.3, 0.4) is 0 Å². The minimum absolute atomic E-state index is 0.146. The van der Waals surface area contributed by atoms with Gasteiger partial charge in [0.05, 0.1) is 19.8 Å². The largest absolute Gasteiger partial charge is 0.468 e. The van der Waals surface area contributed by atoms with Gasteiger partial charge in [-0.25, -0.2) is 0 Å². The van der Waals surface area contributed by atoms with Crippen molar-refractivity contribution < 1.29 is 23.8 Å². The fourth-order valence-electron chi connectivity index (χ4n) is 2.05. The standard InChI is InChI=1S/C15H20O5/c1-15(20-4,11-8-6-5-7-9-11)10-12(13(16)18-2)14(17)19-3/h5-9,12H,10H2,1-4H3. The maximum Gasteiger partial charge on any atom is 0.320 e. The molecule has 0 radical (unpaired) electrons. The van der Waals surface area contributed by atoms with E-state index in [9.17, 15) is 9.59 Å². The first-order valence-corrected chi connectivity index (χ1v) is 6.25. The molecule has 1 unspecified atom stereocenters. The van der Waals surface area contributed by atoms with E-state index in [1.54, 1.807) is 7.11 Å². The minimum atomic E-state index is -1.02. The molecule has 5 heteroatoms. The molecule has 20 heavy (non-hydrogen) atoms. The van der Waals surface area contributed by atoms with E-state index < -0.39 is 23.5 Å². The van der Waals surface area contributed by atoms with Gasteiger partial charge in [0.1, 0.15) is 0 Å². The smallest absolute Gasteiger partial charge is 0.320 e. The van der Waals surface area contributed by atoms with E-state index in [0.717, 1.165) is 5.56 Å². The fraction of sp³-hybridized carbons (Fsp3) is 0.467. The Balaban J connectivity index is 3.05. The van der Waals surface area contributed by atoms with Gasteiger partial charge >= 0.3 is 11.9 Å². The van der Waals surface area contributed by atoms with Crippen LogP contribution in [0.5, 0.6) is 0 Å². The lowest BCUT2D eigenvalue weighted by Crippen LogP contribution is -2.36. The van der Waals surface area contributed by atoms with Crippen molar-refractivity contribution in [2.24, 2.45) is 5.92 Å². The van der Waals surface area contributed by atoms with Gasteiger partial charge in [-0.15, -0.1) is 0 Å². The van der Waals surface area contributed by atoms with E-state index in [4.69, 9.17) is 4.74 Å². The van der Waals surface area contributed by atoms with Gasteiger partial charge in [-0.05, 0) is 12.5 Å². The molecule has 0 spiro atoms. The van der Waals surface area contributed by atoms with Gasteiger partial charge in [-0.1, -0.05) is 30.3 Å². The molecule has 0 bridgehead atoms. The molecule has 0 aliphatic carbocycles. The number of ether oxygens (including phenoxy) is 3. The van der Waals surface area contributed by atoms with Crippen molar-refractivity contribution in [3.63, 3.8) is 0 Å². The van der Waals surface area contributed by atoms with Crippen LogP contribution in [0.4, 0.5) is 0 Å². The predicted molar refractivity (Wildman–Crippen MR) is 72.9 cm³/mol. The third-order valence-electron chi connectivity index (χ3n) is 3.40. The zero-order chi connectivity index (χ0) is 15.2. The molecular weight excluding hydrogens is 260 g/mol. The molecule has 110 valence electrons. The first-order valence-electron chi connectivity index (χ1n) is 6.25. The maximum absolute atomic E-state index is 11.8. The van der Waals surface area contributed by atoms with Gasteiger partial charge in [0, 0.05) is 13.5 Å². The number of carbonyl (C=O) groups is 2. The molecule has 1 atom stereocenters. The van der Waals surface area contributed by atoms with Crippen molar-refractivity contribution in [3.8, 4) is 0 Å². The second kappa shape index (κ2) is 7.05. The van der Waals surface area contributed by atoms with Crippen molar-refractivity contribution in [1.29, 1.82) is 0 Å². The monoisotopic (exact) mass is 280 g/mol. The summed E-state index contributed by atoms with van der Waals surface area (Å²) in [7, 11) is 4.02. The van der Waals surface area contributed by atoms with E-state index in [-0.39, 0.29) is 6.42 Å². The van der Waals surface area contributed by atoms with Gasteiger partial charge in [0.25, 0.3) is 0 Å². The number of hydrogen-bond donors (Lipinski definition) is 0. The van der Waals surface area contributed by atoms with Crippen LogP contribution in [0, 0.1) is 5.92 Å². The van der Waals surface area contributed by atoms with E-state index >= 15 is 0 Å². The number of rotatable bonds is 6. The Morgan fingerprint density at radius 1 is 1.05 bits per heavy atom. The molecule has 5 nitrogen and oxygen atoms in total. The summed E-state index contributed by atoms with van der Waals surface area (Å²) in [5, 5.41) is 0. The molecule has 0 heterocycles. The molecule has 0 saturated heterocycles. The average Bonchev–Trinajstić information content (AvgIpc) is 2.51.